The van der Waals surface area contributed by atoms with E-state index in [1.807, 2.05) is 0 Å². The molecule has 0 aromatic heterocycles. The second kappa shape index (κ2) is 4.97. The van der Waals surface area contributed by atoms with Crippen molar-refractivity contribution < 1.29 is 18.3 Å². The molecule has 1 aliphatic rings. The molecule has 5 heteroatoms. The summed E-state index contributed by atoms with van der Waals surface area (Å²) in [5.74, 6) is 0. The van der Waals surface area contributed by atoms with Gasteiger partial charge in [0, 0.05) is 12.5 Å². The van der Waals surface area contributed by atoms with Gasteiger partial charge < -0.3 is 10.1 Å². The molecule has 0 heterocycles. The molecule has 0 aliphatic heterocycles. The molecule has 16 heavy (non-hydrogen) atoms. The Morgan fingerprint density at radius 1 is 1.25 bits per heavy atom. The molecule has 0 radical (unpaired) electrons. The topological polar surface area (TPSA) is 38.3 Å². The molecule has 0 aromatic carbocycles. The van der Waals surface area contributed by atoms with Gasteiger partial charge >= 0.3 is 6.09 Å². The molecule has 0 saturated heterocycles. The molecular formula is C11H19F2NO2. The molecule has 0 spiro atoms. The molecule has 1 aliphatic carbocycles. The smallest absolute Gasteiger partial charge is 0.407 e. The monoisotopic (exact) mass is 235 g/mol. The lowest BCUT2D eigenvalue weighted by atomic mass is 9.92. The fourth-order valence-electron chi connectivity index (χ4n) is 1.68. The van der Waals surface area contributed by atoms with Crippen molar-refractivity contribution in [1.82, 2.24) is 5.32 Å². The average Bonchev–Trinajstić information content (AvgIpc) is 2.08. The Bertz CT molecular complexity index is 253. The summed E-state index contributed by atoms with van der Waals surface area (Å²) >= 11 is 0. The Morgan fingerprint density at radius 3 is 2.38 bits per heavy atom. The first-order valence-corrected chi connectivity index (χ1v) is 5.55. The maximum atomic E-state index is 13.0. The highest BCUT2D eigenvalue weighted by Crippen LogP contribution is 2.24. The summed E-state index contributed by atoms with van der Waals surface area (Å²) in [5, 5.41) is 2.56. The minimum absolute atomic E-state index is 0.0282. The van der Waals surface area contributed by atoms with Gasteiger partial charge in [-0.1, -0.05) is 0 Å². The largest absolute Gasteiger partial charge is 0.444 e. The van der Waals surface area contributed by atoms with E-state index in [-0.39, 0.29) is 18.9 Å². The summed E-state index contributed by atoms with van der Waals surface area (Å²) in [6.45, 7) is 5.26. The van der Waals surface area contributed by atoms with Crippen LogP contribution in [0.4, 0.5) is 13.6 Å². The number of rotatable bonds is 1. The van der Waals surface area contributed by atoms with Crippen LogP contribution in [-0.4, -0.2) is 30.1 Å². The maximum absolute atomic E-state index is 13.0. The Kier molecular flexibility index (Phi) is 4.10. The second-order valence-electron chi connectivity index (χ2n) is 5.19. The van der Waals surface area contributed by atoms with Gasteiger partial charge in [0.05, 0.1) is 0 Å². The zero-order chi connectivity index (χ0) is 12.3. The van der Waals surface area contributed by atoms with Crippen molar-refractivity contribution in [2.75, 3.05) is 0 Å². The molecular weight excluding hydrogens is 216 g/mol. The van der Waals surface area contributed by atoms with Gasteiger partial charge in [-0.05, 0) is 33.6 Å². The molecule has 1 fully saturated rings. The van der Waals surface area contributed by atoms with Crippen molar-refractivity contribution in [1.29, 1.82) is 0 Å². The van der Waals surface area contributed by atoms with Crippen molar-refractivity contribution in [3.05, 3.63) is 0 Å². The standard InChI is InChI=1S/C11H19F2NO2/c1-11(2,3)16-10(15)14-7-4-5-8(12)9(13)6-7/h7-9H,4-6H2,1-3H3,(H,14,15). The lowest BCUT2D eigenvalue weighted by Gasteiger charge is -2.29. The summed E-state index contributed by atoms with van der Waals surface area (Å²) in [6, 6.07) is -0.322. The van der Waals surface area contributed by atoms with Crippen LogP contribution in [0, 0.1) is 0 Å². The fourth-order valence-corrected chi connectivity index (χ4v) is 1.68. The number of ether oxygens (including phenoxy) is 1. The highest BCUT2D eigenvalue weighted by molar-refractivity contribution is 5.68. The van der Waals surface area contributed by atoms with Crippen molar-refractivity contribution in [3.63, 3.8) is 0 Å². The minimum atomic E-state index is -1.48. The fraction of sp³-hybridized carbons (Fsp3) is 0.909. The first kappa shape index (κ1) is 13.2. The summed E-state index contributed by atoms with van der Waals surface area (Å²) < 4.78 is 30.9. The zero-order valence-electron chi connectivity index (χ0n) is 9.93. The van der Waals surface area contributed by atoms with Crippen LogP contribution in [0.1, 0.15) is 40.0 Å². The third-order valence-electron chi connectivity index (χ3n) is 2.41. The first-order chi connectivity index (χ1) is 7.28. The number of hydrogen-bond donors (Lipinski definition) is 1. The predicted molar refractivity (Wildman–Crippen MR) is 56.8 cm³/mol. The number of carbonyl (C=O) groups is 1. The molecule has 1 N–H and O–H groups in total. The third-order valence-corrected chi connectivity index (χ3v) is 2.41. The molecule has 0 bridgehead atoms. The summed E-state index contributed by atoms with van der Waals surface area (Å²) in [5.41, 5.74) is -0.573. The third kappa shape index (κ3) is 4.33. The highest BCUT2D eigenvalue weighted by Gasteiger charge is 2.31. The van der Waals surface area contributed by atoms with Crippen molar-refractivity contribution in [2.45, 2.75) is 64.0 Å². The molecule has 1 saturated carbocycles. The lowest BCUT2D eigenvalue weighted by molar-refractivity contribution is 0.0435. The van der Waals surface area contributed by atoms with E-state index in [0.29, 0.717) is 6.42 Å². The molecule has 1 rings (SSSR count). The molecule has 94 valence electrons. The van der Waals surface area contributed by atoms with Crippen molar-refractivity contribution >= 4 is 6.09 Å². The van der Waals surface area contributed by atoms with Gasteiger partial charge in [0.1, 0.15) is 17.9 Å². The van der Waals surface area contributed by atoms with Crippen LogP contribution in [0.2, 0.25) is 0 Å². The second-order valence-corrected chi connectivity index (χ2v) is 5.19. The maximum Gasteiger partial charge on any atom is 0.407 e. The van der Waals surface area contributed by atoms with E-state index in [4.69, 9.17) is 4.74 Å². The van der Waals surface area contributed by atoms with E-state index >= 15 is 0 Å². The molecule has 3 unspecified atom stereocenters. The van der Waals surface area contributed by atoms with Crippen LogP contribution in [0.15, 0.2) is 0 Å². The number of amides is 1. The van der Waals surface area contributed by atoms with Crippen LogP contribution in [-0.2, 0) is 4.74 Å². The average molecular weight is 235 g/mol. The summed E-state index contributed by atoms with van der Waals surface area (Å²) in [6.07, 6.45) is -2.80. The quantitative estimate of drug-likeness (QED) is 0.759. The number of carbonyl (C=O) groups excluding carboxylic acids is 1. The Labute approximate surface area is 94.5 Å². The number of halogens is 2. The van der Waals surface area contributed by atoms with Gasteiger partial charge in [0.15, 0.2) is 0 Å². The molecule has 3 nitrogen and oxygen atoms in total. The van der Waals surface area contributed by atoms with Crippen LogP contribution in [0.3, 0.4) is 0 Å². The van der Waals surface area contributed by atoms with E-state index < -0.39 is 24.0 Å². The normalized spacial score (nSPS) is 30.9. The number of alkyl carbamates (subject to hydrolysis) is 1. The van der Waals surface area contributed by atoms with E-state index in [0.717, 1.165) is 0 Å². The minimum Gasteiger partial charge on any atom is -0.444 e. The first-order valence-electron chi connectivity index (χ1n) is 5.55. The van der Waals surface area contributed by atoms with Gasteiger partial charge in [0.2, 0.25) is 0 Å². The van der Waals surface area contributed by atoms with E-state index in [9.17, 15) is 13.6 Å². The van der Waals surface area contributed by atoms with Crippen LogP contribution < -0.4 is 5.32 Å². The summed E-state index contributed by atoms with van der Waals surface area (Å²) in [4.78, 5) is 11.4. The SMILES string of the molecule is CC(C)(C)OC(=O)NC1CCC(F)C(F)C1. The molecule has 3 atom stereocenters. The lowest BCUT2D eigenvalue weighted by Crippen LogP contribution is -2.44. The number of nitrogens with one attached hydrogen (secondary N) is 1. The van der Waals surface area contributed by atoms with Crippen molar-refractivity contribution in [3.8, 4) is 0 Å². The van der Waals surface area contributed by atoms with E-state index in [1.54, 1.807) is 20.8 Å². The Balaban J connectivity index is 2.35. The van der Waals surface area contributed by atoms with Crippen LogP contribution >= 0.6 is 0 Å². The van der Waals surface area contributed by atoms with Crippen molar-refractivity contribution in [2.24, 2.45) is 0 Å². The van der Waals surface area contributed by atoms with Gasteiger partial charge in [0.25, 0.3) is 0 Å². The van der Waals surface area contributed by atoms with E-state index in [2.05, 4.69) is 5.32 Å². The van der Waals surface area contributed by atoms with Gasteiger partial charge in [-0.2, -0.15) is 0 Å². The summed E-state index contributed by atoms with van der Waals surface area (Å²) in [7, 11) is 0. The van der Waals surface area contributed by atoms with Gasteiger partial charge in [-0.25, -0.2) is 13.6 Å². The number of hydrogen-bond acceptors (Lipinski definition) is 2. The zero-order valence-corrected chi connectivity index (χ0v) is 9.93. The van der Waals surface area contributed by atoms with Gasteiger partial charge in [-0.3, -0.25) is 0 Å². The number of alkyl halides is 2. The Hall–Kier alpha value is -0.870. The van der Waals surface area contributed by atoms with Gasteiger partial charge in [-0.15, -0.1) is 0 Å². The van der Waals surface area contributed by atoms with Crippen LogP contribution in [0.25, 0.3) is 0 Å². The predicted octanol–water partition coefficient (Wildman–Crippen LogP) is 2.74. The van der Waals surface area contributed by atoms with Crippen LogP contribution in [0.5, 0.6) is 0 Å². The highest BCUT2D eigenvalue weighted by atomic mass is 19.2. The molecule has 0 aromatic rings. The Morgan fingerprint density at radius 2 is 1.88 bits per heavy atom. The molecule has 1 amide bonds. The van der Waals surface area contributed by atoms with E-state index in [1.165, 1.54) is 0 Å².